The Labute approximate surface area is 119 Å². The highest BCUT2D eigenvalue weighted by atomic mass is 35.5. The molecule has 0 fully saturated rings. The van der Waals surface area contributed by atoms with Crippen LogP contribution in [0.2, 0.25) is 5.02 Å². The number of hydrogen-bond acceptors (Lipinski definition) is 2. The Morgan fingerprint density at radius 2 is 1.95 bits per heavy atom. The number of carboxylic acids is 1. The lowest BCUT2D eigenvalue weighted by Crippen LogP contribution is -2.12. The third kappa shape index (κ3) is 5.97. The molecule has 2 unspecified atom stereocenters. The predicted octanol–water partition coefficient (Wildman–Crippen LogP) is 4.25. The summed E-state index contributed by atoms with van der Waals surface area (Å²) in [4.78, 5) is 10.7. The number of carbonyl (C=O) groups is 1. The van der Waals surface area contributed by atoms with Gasteiger partial charge < -0.3 is 9.84 Å². The van der Waals surface area contributed by atoms with Crippen molar-refractivity contribution in [2.45, 2.75) is 33.1 Å². The molecule has 0 saturated heterocycles. The molecule has 0 aliphatic heterocycles. The third-order valence-electron chi connectivity index (χ3n) is 3.22. The Bertz CT molecular complexity index is 406. The molecule has 1 aromatic carbocycles. The molecule has 4 heteroatoms. The number of rotatable bonds is 8. The van der Waals surface area contributed by atoms with Crippen molar-refractivity contribution in [2.24, 2.45) is 11.8 Å². The maximum atomic E-state index is 10.7. The van der Waals surface area contributed by atoms with Crippen molar-refractivity contribution in [2.75, 3.05) is 6.61 Å². The Morgan fingerprint density at radius 1 is 1.26 bits per heavy atom. The molecule has 0 aliphatic carbocycles. The molecule has 0 spiro atoms. The zero-order valence-corrected chi connectivity index (χ0v) is 12.2. The van der Waals surface area contributed by atoms with Crippen LogP contribution in [0.15, 0.2) is 24.3 Å². The first-order valence-electron chi connectivity index (χ1n) is 6.60. The summed E-state index contributed by atoms with van der Waals surface area (Å²) in [6.07, 6.45) is 2.51. The highest BCUT2D eigenvalue weighted by molar-refractivity contribution is 6.32. The van der Waals surface area contributed by atoms with Gasteiger partial charge in [0.1, 0.15) is 5.75 Å². The van der Waals surface area contributed by atoms with E-state index in [4.69, 9.17) is 21.4 Å². The quantitative estimate of drug-likeness (QED) is 0.776. The summed E-state index contributed by atoms with van der Waals surface area (Å²) in [5.41, 5.74) is 0. The van der Waals surface area contributed by atoms with Crippen molar-refractivity contribution < 1.29 is 14.6 Å². The van der Waals surface area contributed by atoms with Crippen LogP contribution in [0, 0.1) is 11.8 Å². The molecule has 106 valence electrons. The predicted molar refractivity (Wildman–Crippen MR) is 76.8 cm³/mol. The Hall–Kier alpha value is -1.22. The smallest absolute Gasteiger partial charge is 0.306 e. The van der Waals surface area contributed by atoms with Gasteiger partial charge in [0.15, 0.2) is 0 Å². The molecule has 0 aliphatic rings. The number of ether oxygens (including phenoxy) is 1. The summed E-state index contributed by atoms with van der Waals surface area (Å²) in [5.74, 6) is 0.158. The highest BCUT2D eigenvalue weighted by Gasteiger charge is 2.12. The van der Waals surface area contributed by atoms with E-state index in [-0.39, 0.29) is 5.92 Å². The average Bonchev–Trinajstić information content (AvgIpc) is 2.38. The van der Waals surface area contributed by atoms with Crippen molar-refractivity contribution in [3.63, 3.8) is 0 Å². The summed E-state index contributed by atoms with van der Waals surface area (Å²) in [6, 6.07) is 7.40. The van der Waals surface area contributed by atoms with E-state index < -0.39 is 5.97 Å². The summed E-state index contributed by atoms with van der Waals surface area (Å²) in [5, 5.41) is 9.43. The van der Waals surface area contributed by atoms with Gasteiger partial charge in [0.2, 0.25) is 0 Å². The lowest BCUT2D eigenvalue weighted by atomic mass is 9.96. The van der Waals surface area contributed by atoms with Crippen LogP contribution in [-0.2, 0) is 4.79 Å². The number of benzene rings is 1. The molecule has 0 bridgehead atoms. The molecule has 0 heterocycles. The van der Waals surface area contributed by atoms with Gasteiger partial charge in [-0.3, -0.25) is 4.79 Å². The third-order valence-corrected chi connectivity index (χ3v) is 3.53. The van der Waals surface area contributed by atoms with Crippen molar-refractivity contribution in [1.82, 2.24) is 0 Å². The molecule has 2 atom stereocenters. The van der Waals surface area contributed by atoms with Gasteiger partial charge in [0.25, 0.3) is 0 Å². The first kappa shape index (κ1) is 15.8. The Morgan fingerprint density at radius 3 is 2.58 bits per heavy atom. The van der Waals surface area contributed by atoms with Gasteiger partial charge in [-0.15, -0.1) is 0 Å². The summed E-state index contributed by atoms with van der Waals surface area (Å²) >= 11 is 5.99. The van der Waals surface area contributed by atoms with Crippen molar-refractivity contribution in [3.8, 4) is 5.75 Å². The van der Waals surface area contributed by atoms with E-state index in [1.54, 1.807) is 13.0 Å². The monoisotopic (exact) mass is 284 g/mol. The van der Waals surface area contributed by atoms with Gasteiger partial charge in [0, 0.05) is 0 Å². The molecule has 0 aromatic heterocycles. The van der Waals surface area contributed by atoms with Crippen LogP contribution in [-0.4, -0.2) is 17.7 Å². The molecule has 3 nitrogen and oxygen atoms in total. The van der Waals surface area contributed by atoms with E-state index in [9.17, 15) is 4.79 Å². The fraction of sp³-hybridized carbons (Fsp3) is 0.533. The normalized spacial score (nSPS) is 13.8. The Balaban J connectivity index is 2.22. The standard InChI is InChI=1S/C15H21ClO3/c1-11(7-8-12(2)15(17)18)9-10-19-14-6-4-3-5-13(14)16/h3-6,11-12H,7-10H2,1-2H3,(H,17,18). The van der Waals surface area contributed by atoms with E-state index in [0.29, 0.717) is 29.7 Å². The zero-order chi connectivity index (χ0) is 14.3. The lowest BCUT2D eigenvalue weighted by Gasteiger charge is -2.14. The van der Waals surface area contributed by atoms with Gasteiger partial charge in [-0.2, -0.15) is 0 Å². The number of carboxylic acid groups (broad SMARTS) is 1. The van der Waals surface area contributed by atoms with E-state index >= 15 is 0 Å². The van der Waals surface area contributed by atoms with E-state index in [0.717, 1.165) is 12.8 Å². The zero-order valence-electron chi connectivity index (χ0n) is 11.4. The minimum atomic E-state index is -0.723. The molecular formula is C15H21ClO3. The van der Waals surface area contributed by atoms with Crippen LogP contribution in [0.3, 0.4) is 0 Å². The second kappa shape index (κ2) is 8.05. The fourth-order valence-corrected chi connectivity index (χ4v) is 1.92. The minimum absolute atomic E-state index is 0.271. The van der Waals surface area contributed by atoms with Crippen molar-refractivity contribution in [3.05, 3.63) is 29.3 Å². The van der Waals surface area contributed by atoms with E-state index in [1.165, 1.54) is 0 Å². The lowest BCUT2D eigenvalue weighted by molar-refractivity contribution is -0.141. The van der Waals surface area contributed by atoms with Crippen LogP contribution in [0.1, 0.15) is 33.1 Å². The Kier molecular flexibility index (Phi) is 6.71. The SMILES string of the molecule is CC(CCOc1ccccc1Cl)CCC(C)C(=O)O. The van der Waals surface area contributed by atoms with Crippen LogP contribution < -0.4 is 4.74 Å². The van der Waals surface area contributed by atoms with E-state index in [2.05, 4.69) is 6.92 Å². The second-order valence-electron chi connectivity index (χ2n) is 4.99. The maximum absolute atomic E-state index is 10.7. The molecule has 0 radical (unpaired) electrons. The molecular weight excluding hydrogens is 264 g/mol. The number of hydrogen-bond donors (Lipinski definition) is 1. The highest BCUT2D eigenvalue weighted by Crippen LogP contribution is 2.24. The molecule has 1 N–H and O–H groups in total. The van der Waals surface area contributed by atoms with E-state index in [1.807, 2.05) is 18.2 Å². The fourth-order valence-electron chi connectivity index (χ4n) is 1.73. The second-order valence-corrected chi connectivity index (χ2v) is 5.40. The molecule has 1 aromatic rings. The topological polar surface area (TPSA) is 46.5 Å². The van der Waals surface area contributed by atoms with Gasteiger partial charge in [-0.1, -0.05) is 37.6 Å². The molecule has 0 amide bonds. The van der Waals surface area contributed by atoms with Crippen LogP contribution in [0.5, 0.6) is 5.75 Å². The molecule has 0 saturated carbocycles. The number of para-hydroxylation sites is 1. The van der Waals surface area contributed by atoms with Gasteiger partial charge >= 0.3 is 5.97 Å². The average molecular weight is 285 g/mol. The summed E-state index contributed by atoms with van der Waals surface area (Å²) < 4.78 is 5.61. The van der Waals surface area contributed by atoms with Gasteiger partial charge in [-0.05, 0) is 37.3 Å². The van der Waals surface area contributed by atoms with Crippen LogP contribution >= 0.6 is 11.6 Å². The summed E-state index contributed by atoms with van der Waals surface area (Å²) in [6.45, 7) is 4.46. The minimum Gasteiger partial charge on any atom is -0.492 e. The summed E-state index contributed by atoms with van der Waals surface area (Å²) in [7, 11) is 0. The number of aliphatic carboxylic acids is 1. The largest absolute Gasteiger partial charge is 0.492 e. The molecule has 19 heavy (non-hydrogen) atoms. The number of halogens is 1. The van der Waals surface area contributed by atoms with Gasteiger partial charge in [-0.25, -0.2) is 0 Å². The van der Waals surface area contributed by atoms with Gasteiger partial charge in [0.05, 0.1) is 17.5 Å². The van der Waals surface area contributed by atoms with Crippen LogP contribution in [0.25, 0.3) is 0 Å². The first-order valence-corrected chi connectivity index (χ1v) is 6.98. The van der Waals surface area contributed by atoms with Crippen molar-refractivity contribution >= 4 is 17.6 Å². The maximum Gasteiger partial charge on any atom is 0.306 e. The molecule has 1 rings (SSSR count). The van der Waals surface area contributed by atoms with Crippen LogP contribution in [0.4, 0.5) is 0 Å². The first-order chi connectivity index (χ1) is 9.00. The van der Waals surface area contributed by atoms with Crippen molar-refractivity contribution in [1.29, 1.82) is 0 Å².